The molecule has 65 heavy (non-hydrogen) atoms. The number of amides is 1. The van der Waals surface area contributed by atoms with Gasteiger partial charge in [-0.2, -0.15) is 0 Å². The Morgan fingerprint density at radius 3 is 0.985 bits per heavy atom. The third-order valence-electron chi connectivity index (χ3n) is 13.2. The molecule has 4 nitrogen and oxygen atoms in total. The smallest absolute Gasteiger partial charge is 0.220 e. The van der Waals surface area contributed by atoms with Crippen LogP contribution >= 0.6 is 0 Å². The maximum atomic E-state index is 12.5. The molecule has 1 amide bonds. The van der Waals surface area contributed by atoms with Gasteiger partial charge in [-0.1, -0.05) is 280 Å². The minimum atomic E-state index is -0.874. The lowest BCUT2D eigenvalue weighted by Gasteiger charge is -2.19. The summed E-state index contributed by atoms with van der Waals surface area (Å²) in [6.45, 7) is 4.31. The highest BCUT2D eigenvalue weighted by atomic mass is 16.3. The molecule has 0 aromatic rings. The highest BCUT2D eigenvalue weighted by molar-refractivity contribution is 5.76. The van der Waals surface area contributed by atoms with Crippen molar-refractivity contribution in [3.05, 3.63) is 60.8 Å². The molecule has 0 aliphatic carbocycles. The molecule has 0 aliphatic rings. The van der Waals surface area contributed by atoms with Gasteiger partial charge in [-0.05, 0) is 77.0 Å². The van der Waals surface area contributed by atoms with Crippen molar-refractivity contribution in [2.75, 3.05) is 6.61 Å². The van der Waals surface area contributed by atoms with Crippen molar-refractivity contribution in [3.8, 4) is 0 Å². The molecule has 0 bridgehead atoms. The topological polar surface area (TPSA) is 69.6 Å². The Morgan fingerprint density at radius 1 is 0.369 bits per heavy atom. The zero-order valence-corrected chi connectivity index (χ0v) is 43.8. The van der Waals surface area contributed by atoms with E-state index in [-0.39, 0.29) is 12.5 Å². The van der Waals surface area contributed by atoms with Crippen LogP contribution in [-0.2, 0) is 4.79 Å². The molecule has 0 spiro atoms. The molecule has 2 atom stereocenters. The first-order chi connectivity index (χ1) is 32.2. The van der Waals surface area contributed by atoms with Crippen molar-refractivity contribution in [3.63, 3.8) is 0 Å². The third kappa shape index (κ3) is 52.9. The molecular weight excluding hydrogens is 795 g/mol. The fraction of sp³-hybridized carbons (Fsp3) is 0.820. The number of carbonyl (C=O) groups excluding carboxylic acids is 1. The molecule has 2 unspecified atom stereocenters. The molecule has 0 aromatic heterocycles. The van der Waals surface area contributed by atoms with E-state index < -0.39 is 12.1 Å². The Labute approximate surface area is 406 Å². The second-order valence-electron chi connectivity index (χ2n) is 19.7. The average Bonchev–Trinajstić information content (AvgIpc) is 3.31. The molecule has 0 rings (SSSR count). The quantitative estimate of drug-likeness (QED) is 0.0421. The van der Waals surface area contributed by atoms with Crippen LogP contribution in [0.3, 0.4) is 0 Å². The molecule has 0 saturated carbocycles. The lowest BCUT2D eigenvalue weighted by molar-refractivity contribution is -0.123. The normalized spacial score (nSPS) is 13.2. The van der Waals surface area contributed by atoms with Gasteiger partial charge in [0.25, 0.3) is 0 Å². The zero-order chi connectivity index (χ0) is 47.0. The number of hydrogen-bond donors (Lipinski definition) is 3. The number of aliphatic hydroxyl groups is 2. The van der Waals surface area contributed by atoms with Gasteiger partial charge in [0.15, 0.2) is 0 Å². The summed E-state index contributed by atoms with van der Waals surface area (Å²) in [7, 11) is 0. The summed E-state index contributed by atoms with van der Waals surface area (Å²) in [4.78, 5) is 12.5. The van der Waals surface area contributed by atoms with Crippen LogP contribution in [0.25, 0.3) is 0 Å². The van der Waals surface area contributed by atoms with Crippen molar-refractivity contribution in [2.24, 2.45) is 0 Å². The average molecular weight is 909 g/mol. The number of hydrogen-bond acceptors (Lipinski definition) is 3. The van der Waals surface area contributed by atoms with E-state index in [2.05, 4.69) is 67.8 Å². The Kier molecular flexibility index (Phi) is 54.8. The van der Waals surface area contributed by atoms with Crippen LogP contribution in [0.4, 0.5) is 0 Å². The molecule has 4 heteroatoms. The van der Waals surface area contributed by atoms with Gasteiger partial charge in [0.1, 0.15) is 0 Å². The number of allylic oxidation sites excluding steroid dienone is 9. The number of nitrogens with one attached hydrogen (secondary N) is 1. The number of carbonyl (C=O) groups is 1. The molecule has 0 aliphatic heterocycles. The first kappa shape index (κ1) is 63.1. The Hall–Kier alpha value is -1.91. The van der Waals surface area contributed by atoms with Gasteiger partial charge in [-0.25, -0.2) is 0 Å². The van der Waals surface area contributed by atoms with Crippen molar-refractivity contribution < 1.29 is 15.0 Å². The predicted molar refractivity (Wildman–Crippen MR) is 290 cm³/mol. The van der Waals surface area contributed by atoms with E-state index in [1.807, 2.05) is 6.08 Å². The van der Waals surface area contributed by atoms with E-state index in [1.54, 1.807) is 6.08 Å². The van der Waals surface area contributed by atoms with E-state index in [0.717, 1.165) is 44.9 Å². The summed E-state index contributed by atoms with van der Waals surface area (Å²) in [6, 6.07) is -0.650. The van der Waals surface area contributed by atoms with Gasteiger partial charge >= 0.3 is 0 Å². The molecule has 0 heterocycles. The third-order valence-corrected chi connectivity index (χ3v) is 13.2. The lowest BCUT2D eigenvalue weighted by Crippen LogP contribution is -2.45. The van der Waals surface area contributed by atoms with Crippen LogP contribution in [0.15, 0.2) is 60.8 Å². The molecule has 0 radical (unpaired) electrons. The minimum absolute atomic E-state index is 0.0787. The van der Waals surface area contributed by atoms with Crippen molar-refractivity contribution in [1.29, 1.82) is 0 Å². The van der Waals surface area contributed by atoms with E-state index in [9.17, 15) is 15.0 Å². The maximum absolute atomic E-state index is 12.5. The first-order valence-electron chi connectivity index (χ1n) is 29.0. The van der Waals surface area contributed by atoms with Gasteiger partial charge in [0.05, 0.1) is 18.8 Å². The molecule has 0 fully saturated rings. The van der Waals surface area contributed by atoms with Gasteiger partial charge < -0.3 is 15.5 Å². The summed E-state index contributed by atoms with van der Waals surface area (Å²) in [5, 5.41) is 23.2. The second-order valence-corrected chi connectivity index (χ2v) is 19.7. The Morgan fingerprint density at radius 2 is 0.646 bits per heavy atom. The summed E-state index contributed by atoms with van der Waals surface area (Å²) >= 11 is 0. The molecule has 0 aromatic carbocycles. The van der Waals surface area contributed by atoms with Gasteiger partial charge in [0, 0.05) is 6.42 Å². The summed E-state index contributed by atoms with van der Waals surface area (Å²) in [6.07, 6.45) is 79.6. The highest BCUT2D eigenvalue weighted by Gasteiger charge is 2.18. The van der Waals surface area contributed by atoms with E-state index in [0.29, 0.717) is 6.42 Å². The van der Waals surface area contributed by atoms with Crippen LogP contribution < -0.4 is 5.32 Å². The van der Waals surface area contributed by atoms with Gasteiger partial charge in [-0.3, -0.25) is 4.79 Å². The molecule has 0 saturated heterocycles. The number of unbranched alkanes of at least 4 members (excludes halogenated alkanes) is 38. The SMILES string of the molecule is CCCCCCC/C=C\C/C=C\CCCCCCCCCCCCCC(=O)NC(CO)C(O)/C=C/CC/C=C/CC/C=C/CCCCCCCCCCCCCCCCCCCCCC. The van der Waals surface area contributed by atoms with Crippen molar-refractivity contribution in [1.82, 2.24) is 5.32 Å². The summed E-state index contributed by atoms with van der Waals surface area (Å²) in [5.74, 6) is -0.0787. The minimum Gasteiger partial charge on any atom is -0.394 e. The second kappa shape index (κ2) is 56.4. The summed E-state index contributed by atoms with van der Waals surface area (Å²) < 4.78 is 0. The van der Waals surface area contributed by atoms with Crippen LogP contribution in [0, 0.1) is 0 Å². The van der Waals surface area contributed by atoms with Crippen molar-refractivity contribution >= 4 is 5.91 Å². The maximum Gasteiger partial charge on any atom is 0.220 e. The fourth-order valence-corrected chi connectivity index (χ4v) is 8.77. The first-order valence-corrected chi connectivity index (χ1v) is 29.0. The lowest BCUT2D eigenvalue weighted by atomic mass is 10.0. The summed E-state index contributed by atoms with van der Waals surface area (Å²) in [5.41, 5.74) is 0. The molecular formula is C61H113NO3. The standard InChI is InChI=1S/C61H113NO3/c1-3-5-7-9-11-13-15-17-19-21-23-25-27-28-29-30-31-32-33-35-36-38-40-42-44-46-48-50-52-54-56-60(64)59(58-63)62-61(65)57-55-53-51-49-47-45-43-41-39-37-34-26-24-22-20-18-16-14-12-10-8-6-4-2/h16,18,22,24,38,40,46,48,54,56,59-60,63-64H,3-15,17,19-21,23,25-37,39,41-45,47,49-53,55,57-58H2,1-2H3,(H,62,65)/b18-16-,24-22-,40-38+,48-46+,56-54+. The fourth-order valence-electron chi connectivity index (χ4n) is 8.77. The van der Waals surface area contributed by atoms with E-state index in [4.69, 9.17) is 0 Å². The van der Waals surface area contributed by atoms with E-state index in [1.165, 1.54) is 238 Å². The number of aliphatic hydroxyl groups excluding tert-OH is 2. The predicted octanol–water partition coefficient (Wildman–Crippen LogP) is 19.2. The Balaban J connectivity index is 3.56. The zero-order valence-electron chi connectivity index (χ0n) is 43.8. The van der Waals surface area contributed by atoms with Crippen LogP contribution in [0.1, 0.15) is 303 Å². The van der Waals surface area contributed by atoms with Crippen LogP contribution in [-0.4, -0.2) is 34.9 Å². The van der Waals surface area contributed by atoms with Gasteiger partial charge in [-0.15, -0.1) is 0 Å². The molecule has 380 valence electrons. The number of rotatable bonds is 53. The highest BCUT2D eigenvalue weighted by Crippen LogP contribution is 2.16. The molecule has 3 N–H and O–H groups in total. The van der Waals surface area contributed by atoms with Crippen LogP contribution in [0.5, 0.6) is 0 Å². The Bertz CT molecular complexity index is 1070. The largest absolute Gasteiger partial charge is 0.394 e. The van der Waals surface area contributed by atoms with Gasteiger partial charge in [0.2, 0.25) is 5.91 Å². The van der Waals surface area contributed by atoms with Crippen molar-refractivity contribution in [2.45, 2.75) is 315 Å². The van der Waals surface area contributed by atoms with Crippen LogP contribution in [0.2, 0.25) is 0 Å². The monoisotopic (exact) mass is 908 g/mol. The van der Waals surface area contributed by atoms with E-state index >= 15 is 0 Å².